The highest BCUT2D eigenvalue weighted by molar-refractivity contribution is 6.27. The molecule has 2 nitrogen and oxygen atoms in total. The van der Waals surface area contributed by atoms with Crippen LogP contribution in [0.4, 0.5) is 0 Å². The summed E-state index contributed by atoms with van der Waals surface area (Å²) >= 11 is 0. The quantitative estimate of drug-likeness (QED) is 0.185. The van der Waals surface area contributed by atoms with Crippen LogP contribution in [0, 0.1) is 0 Å². The van der Waals surface area contributed by atoms with Gasteiger partial charge in [-0.1, -0.05) is 109 Å². The van der Waals surface area contributed by atoms with Crippen LogP contribution in [-0.2, 0) is 0 Å². The number of furan rings is 1. The Morgan fingerprint density at radius 2 is 0.788 bits per heavy atom. The Morgan fingerprint density at radius 1 is 0.288 bits per heavy atom. The van der Waals surface area contributed by atoms with Gasteiger partial charge in [0.2, 0.25) is 0 Å². The molecule has 12 aromatic rings. The summed E-state index contributed by atoms with van der Waals surface area (Å²) in [6.45, 7) is 0. The van der Waals surface area contributed by atoms with E-state index in [1.54, 1.807) is 0 Å². The molecule has 0 saturated carbocycles. The number of benzene rings is 9. The van der Waals surface area contributed by atoms with Gasteiger partial charge in [-0.2, -0.15) is 0 Å². The van der Waals surface area contributed by atoms with Gasteiger partial charge in [0.05, 0.1) is 16.6 Å². The molecule has 0 N–H and O–H groups in total. The van der Waals surface area contributed by atoms with Crippen molar-refractivity contribution >= 4 is 81.6 Å². The molecule has 0 spiro atoms. The second-order valence-electron chi connectivity index (χ2n) is 14.2. The molecule has 0 aliphatic heterocycles. The number of hydrogen-bond acceptors (Lipinski definition) is 1. The lowest BCUT2D eigenvalue weighted by atomic mass is 9.95. The van der Waals surface area contributed by atoms with Crippen molar-refractivity contribution in [3.05, 3.63) is 176 Å². The minimum Gasteiger partial charge on any atom is -0.456 e. The van der Waals surface area contributed by atoms with E-state index in [-0.39, 0.29) is 0 Å². The van der Waals surface area contributed by atoms with Crippen molar-refractivity contribution in [2.75, 3.05) is 0 Å². The summed E-state index contributed by atoms with van der Waals surface area (Å²) in [5, 5.41) is 12.4. The molecule has 9 aromatic carbocycles. The Hall–Kier alpha value is -6.90. The van der Waals surface area contributed by atoms with Crippen molar-refractivity contribution in [1.82, 2.24) is 4.40 Å². The zero-order chi connectivity index (χ0) is 33.9. The average molecular weight is 660 g/mol. The highest BCUT2D eigenvalue weighted by Crippen LogP contribution is 2.45. The molecular weight excluding hydrogens is 631 g/mol. The summed E-state index contributed by atoms with van der Waals surface area (Å²) in [5.74, 6) is 0. The molecule has 0 amide bonds. The van der Waals surface area contributed by atoms with Gasteiger partial charge in [-0.15, -0.1) is 0 Å². The Labute approximate surface area is 298 Å². The number of fused-ring (bicyclic) bond motifs is 11. The largest absolute Gasteiger partial charge is 0.456 e. The lowest BCUT2D eigenvalue weighted by Crippen LogP contribution is -1.84. The Bertz CT molecular complexity index is 3220. The first-order valence-corrected chi connectivity index (χ1v) is 17.9. The number of rotatable bonds is 3. The molecule has 0 aliphatic carbocycles. The lowest BCUT2D eigenvalue weighted by Gasteiger charge is -2.08. The second kappa shape index (κ2) is 10.3. The normalized spacial score (nSPS) is 12.2. The molecule has 0 saturated heterocycles. The second-order valence-corrected chi connectivity index (χ2v) is 14.2. The van der Waals surface area contributed by atoms with E-state index in [0.717, 1.165) is 21.9 Å². The molecular formula is C50H29NO. The van der Waals surface area contributed by atoms with Crippen molar-refractivity contribution in [2.24, 2.45) is 0 Å². The molecule has 0 radical (unpaired) electrons. The van der Waals surface area contributed by atoms with E-state index in [1.165, 1.54) is 93.0 Å². The van der Waals surface area contributed by atoms with Gasteiger partial charge >= 0.3 is 0 Å². The zero-order valence-electron chi connectivity index (χ0n) is 28.1. The van der Waals surface area contributed by atoms with Crippen LogP contribution in [0.15, 0.2) is 180 Å². The molecule has 240 valence electrons. The van der Waals surface area contributed by atoms with E-state index in [2.05, 4.69) is 174 Å². The predicted octanol–water partition coefficient (Wildman–Crippen LogP) is 14.0. The first kappa shape index (κ1) is 27.9. The Kier molecular flexibility index (Phi) is 5.53. The molecule has 0 aliphatic rings. The highest BCUT2D eigenvalue weighted by atomic mass is 16.3. The van der Waals surface area contributed by atoms with Crippen LogP contribution in [0.3, 0.4) is 0 Å². The monoisotopic (exact) mass is 659 g/mol. The summed E-state index contributed by atoms with van der Waals surface area (Å²) in [4.78, 5) is 0. The average Bonchev–Trinajstić information content (AvgIpc) is 3.85. The SMILES string of the molecule is c1ccc(-c2ccc3cc4c(cc3c2)c2cc(-c3ccc5oc6ccccc6c5c3)cc3c5cc6cc(-c7ccccc7)ccc6cc5n4c23)cc1. The van der Waals surface area contributed by atoms with Crippen LogP contribution in [-0.4, -0.2) is 4.40 Å². The molecule has 52 heavy (non-hydrogen) atoms. The fraction of sp³-hybridized carbons (Fsp3) is 0. The third-order valence-electron chi connectivity index (χ3n) is 11.2. The number of hydrogen-bond donors (Lipinski definition) is 0. The van der Waals surface area contributed by atoms with Crippen molar-refractivity contribution in [3.8, 4) is 33.4 Å². The molecule has 0 unspecified atom stereocenters. The van der Waals surface area contributed by atoms with E-state index >= 15 is 0 Å². The number of nitrogens with zero attached hydrogens (tertiary/aromatic N) is 1. The standard InChI is InChI=1S/C50H29NO/c1-3-9-30(10-4-1)32-15-17-35-28-46-41(24-37(35)21-32)44-26-39(34-19-20-49-43(23-34)40-13-7-8-14-48(40)52-49)27-45-42-25-38-22-33(31-11-5-2-6-12-31)16-18-36(38)29-47(42)51(46)50(44)45/h1-29H. The highest BCUT2D eigenvalue weighted by Gasteiger charge is 2.21. The van der Waals surface area contributed by atoms with Crippen LogP contribution >= 0.6 is 0 Å². The molecule has 3 heterocycles. The molecule has 12 rings (SSSR count). The summed E-state index contributed by atoms with van der Waals surface area (Å²) < 4.78 is 8.73. The van der Waals surface area contributed by atoms with Gasteiger partial charge < -0.3 is 8.82 Å². The zero-order valence-corrected chi connectivity index (χ0v) is 28.1. The fourth-order valence-electron chi connectivity index (χ4n) is 8.72. The van der Waals surface area contributed by atoms with Crippen LogP contribution < -0.4 is 0 Å². The van der Waals surface area contributed by atoms with Crippen LogP contribution in [0.5, 0.6) is 0 Å². The maximum atomic E-state index is 6.22. The van der Waals surface area contributed by atoms with E-state index in [4.69, 9.17) is 4.42 Å². The lowest BCUT2D eigenvalue weighted by molar-refractivity contribution is 0.669. The van der Waals surface area contributed by atoms with E-state index in [1.807, 2.05) is 6.07 Å². The van der Waals surface area contributed by atoms with Gasteiger partial charge in [0, 0.05) is 32.3 Å². The van der Waals surface area contributed by atoms with E-state index in [9.17, 15) is 0 Å². The molecule has 2 heteroatoms. The minimum absolute atomic E-state index is 0.916. The van der Waals surface area contributed by atoms with Crippen LogP contribution in [0.25, 0.3) is 115 Å². The number of aromatic nitrogens is 1. The van der Waals surface area contributed by atoms with Gasteiger partial charge in [0.25, 0.3) is 0 Å². The number of para-hydroxylation sites is 1. The first-order valence-electron chi connectivity index (χ1n) is 17.9. The van der Waals surface area contributed by atoms with Crippen molar-refractivity contribution in [3.63, 3.8) is 0 Å². The Balaban J connectivity index is 1.17. The topological polar surface area (TPSA) is 17.6 Å². The maximum Gasteiger partial charge on any atom is 0.135 e. The van der Waals surface area contributed by atoms with E-state index < -0.39 is 0 Å². The Morgan fingerprint density at radius 3 is 1.40 bits per heavy atom. The summed E-state index contributed by atoms with van der Waals surface area (Å²) in [5.41, 5.74) is 12.9. The molecule has 0 fully saturated rings. The molecule has 0 atom stereocenters. The smallest absolute Gasteiger partial charge is 0.135 e. The van der Waals surface area contributed by atoms with Gasteiger partial charge in [-0.3, -0.25) is 0 Å². The summed E-state index contributed by atoms with van der Waals surface area (Å²) in [6.07, 6.45) is 0. The van der Waals surface area contributed by atoms with Gasteiger partial charge in [0.15, 0.2) is 0 Å². The predicted molar refractivity (Wildman–Crippen MR) is 220 cm³/mol. The minimum atomic E-state index is 0.916. The summed E-state index contributed by atoms with van der Waals surface area (Å²) in [6, 6.07) is 64.5. The van der Waals surface area contributed by atoms with Gasteiger partial charge in [-0.05, 0) is 122 Å². The fourth-order valence-corrected chi connectivity index (χ4v) is 8.72. The molecule has 0 bridgehead atoms. The summed E-state index contributed by atoms with van der Waals surface area (Å²) in [7, 11) is 0. The van der Waals surface area contributed by atoms with Crippen LogP contribution in [0.1, 0.15) is 0 Å². The van der Waals surface area contributed by atoms with Crippen molar-refractivity contribution in [2.45, 2.75) is 0 Å². The van der Waals surface area contributed by atoms with Crippen molar-refractivity contribution in [1.29, 1.82) is 0 Å². The third-order valence-corrected chi connectivity index (χ3v) is 11.2. The third kappa shape index (κ3) is 3.95. The maximum absolute atomic E-state index is 6.22. The van der Waals surface area contributed by atoms with Crippen molar-refractivity contribution < 1.29 is 4.42 Å². The molecule has 3 aromatic heterocycles. The van der Waals surface area contributed by atoms with Gasteiger partial charge in [0.1, 0.15) is 11.2 Å². The van der Waals surface area contributed by atoms with Crippen LogP contribution in [0.2, 0.25) is 0 Å². The van der Waals surface area contributed by atoms with Gasteiger partial charge in [-0.25, -0.2) is 0 Å². The first-order chi connectivity index (χ1) is 25.7. The van der Waals surface area contributed by atoms with E-state index in [0.29, 0.717) is 0 Å².